The molecule has 8 nitrogen and oxygen atoms in total. The van der Waals surface area contributed by atoms with E-state index in [1.807, 2.05) is 19.1 Å². The molecule has 0 spiro atoms. The number of thioether (sulfide) groups is 1. The smallest absolute Gasteiger partial charge is 0.270 e. The van der Waals surface area contributed by atoms with Crippen LogP contribution in [0, 0.1) is 10.1 Å². The number of para-hydroxylation sites is 2. The van der Waals surface area contributed by atoms with E-state index in [-0.39, 0.29) is 24.8 Å². The summed E-state index contributed by atoms with van der Waals surface area (Å²) in [4.78, 5) is 25.1. The molecule has 162 valence electrons. The van der Waals surface area contributed by atoms with Gasteiger partial charge in [-0.25, -0.2) is 0 Å². The van der Waals surface area contributed by atoms with Crippen molar-refractivity contribution in [3.8, 4) is 17.2 Å². The number of amides is 1. The lowest BCUT2D eigenvalue weighted by atomic mass is 10.1. The van der Waals surface area contributed by atoms with Crippen LogP contribution in [0.25, 0.3) is 6.08 Å². The highest BCUT2D eigenvalue weighted by molar-refractivity contribution is 8.26. The Hall–Kier alpha value is -3.11. The van der Waals surface area contributed by atoms with E-state index in [2.05, 4.69) is 0 Å². The molecule has 0 aromatic heterocycles. The molecular formula is C21H20N2O6S2. The molecule has 0 atom stereocenters. The fraction of sp³-hybridized carbons (Fsp3) is 0.238. The standard InChI is InChI=1S/C21H20N2O6S2/c1-3-22-20(24)19(31-21(22)30)13-14-12-15(23(25)26)8-9-16(14)28-10-11-29-18-7-5-4-6-17(18)27-2/h4-9,12-13H,3,10-11H2,1-2H3/b19-13-. The number of methoxy groups -OCH3 is 1. The molecule has 0 N–H and O–H groups in total. The van der Waals surface area contributed by atoms with Crippen LogP contribution >= 0.6 is 24.0 Å². The van der Waals surface area contributed by atoms with Crippen LogP contribution in [0.2, 0.25) is 0 Å². The Labute approximate surface area is 188 Å². The van der Waals surface area contributed by atoms with Gasteiger partial charge in [-0.1, -0.05) is 36.1 Å². The number of rotatable bonds is 9. The Morgan fingerprint density at radius 2 is 1.81 bits per heavy atom. The van der Waals surface area contributed by atoms with Crippen molar-refractivity contribution in [3.63, 3.8) is 0 Å². The molecule has 0 bridgehead atoms. The summed E-state index contributed by atoms with van der Waals surface area (Å²) >= 11 is 6.38. The SMILES string of the molecule is CCN1C(=O)/C(=C/c2cc([N+](=O)[O-])ccc2OCCOc2ccccc2OC)SC1=S. The summed E-state index contributed by atoms with van der Waals surface area (Å²) in [7, 11) is 1.56. The topological polar surface area (TPSA) is 91.1 Å². The first kappa shape index (κ1) is 22.6. The number of likely N-dealkylation sites (N-methyl/N-ethyl adjacent to an activating group) is 1. The van der Waals surface area contributed by atoms with E-state index in [4.69, 9.17) is 26.4 Å². The summed E-state index contributed by atoms with van der Waals surface area (Å²) in [5.41, 5.74) is 0.318. The molecule has 31 heavy (non-hydrogen) atoms. The molecule has 1 aliphatic rings. The summed E-state index contributed by atoms with van der Waals surface area (Å²) in [5, 5.41) is 11.2. The van der Waals surface area contributed by atoms with Crippen LogP contribution in [0.5, 0.6) is 17.2 Å². The average Bonchev–Trinajstić information content (AvgIpc) is 3.04. The molecule has 1 saturated heterocycles. The van der Waals surface area contributed by atoms with Crippen molar-refractivity contribution in [3.05, 3.63) is 63.0 Å². The number of carbonyl (C=O) groups is 1. The molecule has 0 unspecified atom stereocenters. The lowest BCUT2D eigenvalue weighted by Crippen LogP contribution is -2.27. The Morgan fingerprint density at radius 1 is 1.13 bits per heavy atom. The van der Waals surface area contributed by atoms with Crippen LogP contribution in [0.1, 0.15) is 12.5 Å². The summed E-state index contributed by atoms with van der Waals surface area (Å²) in [5.74, 6) is 1.36. The maximum Gasteiger partial charge on any atom is 0.270 e. The fourth-order valence-electron chi connectivity index (χ4n) is 2.85. The summed E-state index contributed by atoms with van der Waals surface area (Å²) in [6.45, 7) is 2.71. The Morgan fingerprint density at radius 3 is 2.42 bits per heavy atom. The van der Waals surface area contributed by atoms with E-state index in [0.29, 0.717) is 38.6 Å². The number of thiocarbonyl (C=S) groups is 1. The van der Waals surface area contributed by atoms with Crippen molar-refractivity contribution in [2.24, 2.45) is 0 Å². The van der Waals surface area contributed by atoms with Gasteiger partial charge in [-0.3, -0.25) is 19.8 Å². The average molecular weight is 461 g/mol. The lowest BCUT2D eigenvalue weighted by molar-refractivity contribution is -0.384. The van der Waals surface area contributed by atoms with Gasteiger partial charge >= 0.3 is 0 Å². The van der Waals surface area contributed by atoms with E-state index >= 15 is 0 Å². The van der Waals surface area contributed by atoms with Gasteiger partial charge in [-0.15, -0.1) is 0 Å². The number of ether oxygens (including phenoxy) is 3. The van der Waals surface area contributed by atoms with E-state index in [9.17, 15) is 14.9 Å². The summed E-state index contributed by atoms with van der Waals surface area (Å²) in [6.07, 6.45) is 1.57. The second-order valence-electron chi connectivity index (χ2n) is 6.25. The number of nitro benzene ring substituents is 1. The summed E-state index contributed by atoms with van der Waals surface area (Å²) < 4.78 is 17.2. The molecule has 1 aliphatic heterocycles. The maximum absolute atomic E-state index is 12.5. The Balaban J connectivity index is 1.76. The molecule has 2 aromatic carbocycles. The molecule has 10 heteroatoms. The minimum atomic E-state index is -0.497. The van der Waals surface area contributed by atoms with Gasteiger partial charge in [0.25, 0.3) is 11.6 Å². The predicted octanol–water partition coefficient (Wildman–Crippen LogP) is 4.28. The van der Waals surface area contributed by atoms with Crippen molar-refractivity contribution in [1.29, 1.82) is 0 Å². The minimum Gasteiger partial charge on any atom is -0.493 e. The van der Waals surface area contributed by atoms with Gasteiger partial charge in [0.2, 0.25) is 0 Å². The molecule has 3 rings (SSSR count). The number of hydrogen-bond acceptors (Lipinski definition) is 8. The monoisotopic (exact) mass is 460 g/mol. The van der Waals surface area contributed by atoms with Crippen molar-refractivity contribution in [1.82, 2.24) is 4.90 Å². The van der Waals surface area contributed by atoms with Crippen molar-refractivity contribution < 1.29 is 23.9 Å². The largest absolute Gasteiger partial charge is 0.493 e. The highest BCUT2D eigenvalue weighted by Crippen LogP contribution is 2.35. The first-order chi connectivity index (χ1) is 14.9. The zero-order valence-corrected chi connectivity index (χ0v) is 18.5. The third-order valence-corrected chi connectivity index (χ3v) is 5.73. The molecule has 1 amide bonds. The minimum absolute atomic E-state index is 0.102. The number of nitrogens with zero attached hydrogens (tertiary/aromatic N) is 2. The van der Waals surface area contributed by atoms with Crippen LogP contribution in [-0.4, -0.2) is 46.9 Å². The van der Waals surface area contributed by atoms with Gasteiger partial charge in [0.15, 0.2) is 11.5 Å². The van der Waals surface area contributed by atoms with Crippen molar-refractivity contribution in [2.75, 3.05) is 26.9 Å². The van der Waals surface area contributed by atoms with Gasteiger partial charge < -0.3 is 14.2 Å². The summed E-state index contributed by atoms with van der Waals surface area (Å²) in [6, 6.07) is 11.5. The van der Waals surface area contributed by atoms with Gasteiger partial charge in [0.05, 0.1) is 16.9 Å². The fourth-order valence-corrected chi connectivity index (χ4v) is 4.22. The molecule has 1 heterocycles. The van der Waals surface area contributed by atoms with Crippen LogP contribution < -0.4 is 14.2 Å². The van der Waals surface area contributed by atoms with Crippen molar-refractivity contribution >= 4 is 46.0 Å². The maximum atomic E-state index is 12.5. The van der Waals surface area contributed by atoms with Crippen LogP contribution in [0.4, 0.5) is 5.69 Å². The van der Waals surface area contributed by atoms with Gasteiger partial charge in [0, 0.05) is 24.2 Å². The normalized spacial score (nSPS) is 14.8. The predicted molar refractivity (Wildman–Crippen MR) is 123 cm³/mol. The lowest BCUT2D eigenvalue weighted by Gasteiger charge is -2.12. The zero-order valence-electron chi connectivity index (χ0n) is 16.9. The quantitative estimate of drug-likeness (QED) is 0.180. The van der Waals surface area contributed by atoms with Gasteiger partial charge in [0.1, 0.15) is 23.3 Å². The Bertz CT molecular complexity index is 1040. The van der Waals surface area contributed by atoms with Gasteiger partial charge in [-0.2, -0.15) is 0 Å². The molecule has 2 aromatic rings. The van der Waals surface area contributed by atoms with E-state index in [0.717, 1.165) is 11.8 Å². The van der Waals surface area contributed by atoms with Gasteiger partial charge in [-0.05, 0) is 31.2 Å². The highest BCUT2D eigenvalue weighted by atomic mass is 32.2. The van der Waals surface area contributed by atoms with Crippen molar-refractivity contribution in [2.45, 2.75) is 6.92 Å². The second-order valence-corrected chi connectivity index (χ2v) is 7.93. The van der Waals surface area contributed by atoms with Crippen LogP contribution in [0.3, 0.4) is 0 Å². The number of hydrogen-bond donors (Lipinski definition) is 0. The molecule has 0 radical (unpaired) electrons. The molecule has 0 aliphatic carbocycles. The first-order valence-corrected chi connectivity index (χ1v) is 10.6. The van der Waals surface area contributed by atoms with Crippen LogP contribution in [-0.2, 0) is 4.79 Å². The third-order valence-electron chi connectivity index (χ3n) is 4.35. The number of carbonyl (C=O) groups excluding carboxylic acids is 1. The molecule has 0 saturated carbocycles. The second kappa shape index (κ2) is 10.3. The zero-order chi connectivity index (χ0) is 22.4. The third kappa shape index (κ3) is 5.33. The van der Waals surface area contributed by atoms with Crippen LogP contribution in [0.15, 0.2) is 47.4 Å². The highest BCUT2D eigenvalue weighted by Gasteiger charge is 2.31. The molecule has 1 fully saturated rings. The molecular weight excluding hydrogens is 440 g/mol. The van der Waals surface area contributed by atoms with E-state index < -0.39 is 4.92 Å². The van der Waals surface area contributed by atoms with E-state index in [1.165, 1.54) is 23.1 Å². The number of non-ortho nitro benzene ring substituents is 1. The number of benzene rings is 2. The number of nitro groups is 1. The first-order valence-electron chi connectivity index (χ1n) is 9.37. The van der Waals surface area contributed by atoms with E-state index in [1.54, 1.807) is 25.3 Å². The Kier molecular flexibility index (Phi) is 7.48.